The molecule has 0 aliphatic carbocycles. The third-order valence-corrected chi connectivity index (χ3v) is 3.15. The smallest absolute Gasteiger partial charge is 0.356 e. The zero-order valence-corrected chi connectivity index (χ0v) is 11.4. The van der Waals surface area contributed by atoms with Crippen LogP contribution in [0.25, 0.3) is 10.9 Å². The third-order valence-electron chi connectivity index (χ3n) is 2.84. The quantitative estimate of drug-likeness (QED) is 0.797. The van der Waals surface area contributed by atoms with Crippen LogP contribution in [-0.4, -0.2) is 21.0 Å². The first-order chi connectivity index (χ1) is 10.1. The molecule has 21 heavy (non-hydrogen) atoms. The summed E-state index contributed by atoms with van der Waals surface area (Å²) in [4.78, 5) is 19.2. The second kappa shape index (κ2) is 5.38. The SMILES string of the molecule is O=C(O)c1nc(Oc2cccc3ncccc23)ccc1Cl. The minimum atomic E-state index is -1.20. The molecule has 3 aromatic rings. The number of carboxylic acids is 1. The van der Waals surface area contributed by atoms with E-state index in [4.69, 9.17) is 21.4 Å². The molecule has 3 rings (SSSR count). The van der Waals surface area contributed by atoms with Gasteiger partial charge in [0.25, 0.3) is 0 Å². The maximum atomic E-state index is 11.0. The highest BCUT2D eigenvalue weighted by Gasteiger charge is 2.13. The highest BCUT2D eigenvalue weighted by Crippen LogP contribution is 2.29. The molecule has 0 bridgehead atoms. The Labute approximate surface area is 124 Å². The number of benzene rings is 1. The van der Waals surface area contributed by atoms with Crippen molar-refractivity contribution in [3.05, 3.63) is 59.4 Å². The molecule has 5 nitrogen and oxygen atoms in total. The number of pyridine rings is 2. The number of carboxylic acid groups (broad SMARTS) is 1. The van der Waals surface area contributed by atoms with Gasteiger partial charge in [0.2, 0.25) is 5.88 Å². The van der Waals surface area contributed by atoms with Gasteiger partial charge in [-0.05, 0) is 30.3 Å². The summed E-state index contributed by atoms with van der Waals surface area (Å²) in [6.07, 6.45) is 1.69. The van der Waals surface area contributed by atoms with Gasteiger partial charge in [-0.1, -0.05) is 17.7 Å². The second-order valence-electron chi connectivity index (χ2n) is 4.21. The summed E-state index contributed by atoms with van der Waals surface area (Å²) in [7, 11) is 0. The Balaban J connectivity index is 2.03. The van der Waals surface area contributed by atoms with Crippen molar-refractivity contribution < 1.29 is 14.6 Å². The second-order valence-corrected chi connectivity index (χ2v) is 4.62. The van der Waals surface area contributed by atoms with E-state index in [1.54, 1.807) is 24.4 Å². The molecule has 0 saturated heterocycles. The van der Waals surface area contributed by atoms with Gasteiger partial charge in [-0.2, -0.15) is 0 Å². The highest BCUT2D eigenvalue weighted by atomic mass is 35.5. The summed E-state index contributed by atoms with van der Waals surface area (Å²) >= 11 is 5.78. The lowest BCUT2D eigenvalue weighted by molar-refractivity contribution is 0.0690. The van der Waals surface area contributed by atoms with Crippen molar-refractivity contribution in [3.63, 3.8) is 0 Å². The summed E-state index contributed by atoms with van der Waals surface area (Å²) in [6, 6.07) is 12.1. The monoisotopic (exact) mass is 300 g/mol. The van der Waals surface area contributed by atoms with E-state index in [1.165, 1.54) is 12.1 Å². The van der Waals surface area contributed by atoms with E-state index >= 15 is 0 Å². The Morgan fingerprint density at radius 1 is 1.14 bits per heavy atom. The number of hydrogen-bond donors (Lipinski definition) is 1. The van der Waals surface area contributed by atoms with E-state index in [2.05, 4.69) is 9.97 Å². The average molecular weight is 301 g/mol. The van der Waals surface area contributed by atoms with Gasteiger partial charge < -0.3 is 9.84 Å². The van der Waals surface area contributed by atoms with Crippen LogP contribution in [0.1, 0.15) is 10.5 Å². The van der Waals surface area contributed by atoms with Crippen LogP contribution in [0.2, 0.25) is 5.02 Å². The molecule has 2 aromatic heterocycles. The van der Waals surface area contributed by atoms with E-state index in [9.17, 15) is 4.79 Å². The number of hydrogen-bond acceptors (Lipinski definition) is 4. The van der Waals surface area contributed by atoms with Crippen molar-refractivity contribution in [1.29, 1.82) is 0 Å². The Kier molecular flexibility index (Phi) is 3.41. The Morgan fingerprint density at radius 3 is 2.81 bits per heavy atom. The minimum absolute atomic E-state index is 0.0643. The maximum Gasteiger partial charge on any atom is 0.356 e. The molecule has 0 spiro atoms. The lowest BCUT2D eigenvalue weighted by atomic mass is 10.2. The normalized spacial score (nSPS) is 10.5. The fraction of sp³-hybridized carbons (Fsp3) is 0. The number of ether oxygens (including phenoxy) is 1. The molecule has 0 aliphatic rings. The van der Waals surface area contributed by atoms with Gasteiger partial charge >= 0.3 is 5.97 Å². The van der Waals surface area contributed by atoms with Crippen LogP contribution in [0.5, 0.6) is 11.6 Å². The molecule has 0 fully saturated rings. The van der Waals surface area contributed by atoms with E-state index in [0.29, 0.717) is 5.75 Å². The molecule has 0 amide bonds. The summed E-state index contributed by atoms with van der Waals surface area (Å²) < 4.78 is 5.66. The van der Waals surface area contributed by atoms with Crippen LogP contribution in [-0.2, 0) is 0 Å². The van der Waals surface area contributed by atoms with E-state index in [1.807, 2.05) is 12.1 Å². The molecule has 0 aliphatic heterocycles. The Morgan fingerprint density at radius 2 is 2.00 bits per heavy atom. The van der Waals surface area contributed by atoms with Gasteiger partial charge in [-0.25, -0.2) is 9.78 Å². The molecule has 0 atom stereocenters. The Hall–Kier alpha value is -2.66. The Bertz CT molecular complexity index is 831. The van der Waals surface area contributed by atoms with Crippen LogP contribution in [0, 0.1) is 0 Å². The van der Waals surface area contributed by atoms with Gasteiger partial charge in [0.05, 0.1) is 10.5 Å². The van der Waals surface area contributed by atoms with Crippen molar-refractivity contribution >= 4 is 28.5 Å². The topological polar surface area (TPSA) is 72.3 Å². The van der Waals surface area contributed by atoms with E-state index in [0.717, 1.165) is 10.9 Å². The van der Waals surface area contributed by atoms with E-state index < -0.39 is 5.97 Å². The van der Waals surface area contributed by atoms with Crippen molar-refractivity contribution in [2.45, 2.75) is 0 Å². The molecule has 104 valence electrons. The first-order valence-electron chi connectivity index (χ1n) is 6.06. The minimum Gasteiger partial charge on any atom is -0.476 e. The predicted molar refractivity (Wildman–Crippen MR) is 78.0 cm³/mol. The number of halogens is 1. The van der Waals surface area contributed by atoms with Crippen molar-refractivity contribution in [1.82, 2.24) is 9.97 Å². The third kappa shape index (κ3) is 2.64. The predicted octanol–water partition coefficient (Wildman–Crippen LogP) is 3.77. The van der Waals surface area contributed by atoms with Crippen LogP contribution < -0.4 is 4.74 Å². The van der Waals surface area contributed by atoms with Crippen LogP contribution in [0.15, 0.2) is 48.7 Å². The zero-order chi connectivity index (χ0) is 14.8. The molecule has 2 heterocycles. The number of rotatable bonds is 3. The number of aromatic nitrogens is 2. The van der Waals surface area contributed by atoms with Gasteiger partial charge in [-0.15, -0.1) is 0 Å². The van der Waals surface area contributed by atoms with Crippen LogP contribution >= 0.6 is 11.6 Å². The van der Waals surface area contributed by atoms with E-state index in [-0.39, 0.29) is 16.6 Å². The summed E-state index contributed by atoms with van der Waals surface area (Å²) in [5.74, 6) is -0.495. The molecular formula is C15H9ClN2O3. The maximum absolute atomic E-state index is 11.0. The zero-order valence-electron chi connectivity index (χ0n) is 10.7. The molecule has 0 saturated carbocycles. The molecule has 1 aromatic carbocycles. The van der Waals surface area contributed by atoms with Gasteiger partial charge in [0.1, 0.15) is 5.75 Å². The lowest BCUT2D eigenvalue weighted by Crippen LogP contribution is -2.02. The lowest BCUT2D eigenvalue weighted by Gasteiger charge is -2.08. The average Bonchev–Trinajstić information content (AvgIpc) is 2.49. The fourth-order valence-electron chi connectivity index (χ4n) is 1.91. The summed E-state index contributed by atoms with van der Waals surface area (Å²) in [5.41, 5.74) is 0.537. The van der Waals surface area contributed by atoms with Crippen LogP contribution in [0.3, 0.4) is 0 Å². The summed E-state index contributed by atoms with van der Waals surface area (Å²) in [6.45, 7) is 0. The molecule has 0 unspecified atom stereocenters. The largest absolute Gasteiger partial charge is 0.476 e. The fourth-order valence-corrected chi connectivity index (χ4v) is 2.09. The molecular weight excluding hydrogens is 292 g/mol. The number of aromatic carboxylic acids is 1. The van der Waals surface area contributed by atoms with Gasteiger partial charge in [0.15, 0.2) is 5.69 Å². The van der Waals surface area contributed by atoms with Crippen LogP contribution in [0.4, 0.5) is 0 Å². The highest BCUT2D eigenvalue weighted by molar-refractivity contribution is 6.33. The number of fused-ring (bicyclic) bond motifs is 1. The molecule has 1 N–H and O–H groups in total. The first kappa shape index (κ1) is 13.3. The molecule has 6 heteroatoms. The van der Waals surface area contributed by atoms with Crippen molar-refractivity contribution in [2.24, 2.45) is 0 Å². The number of carbonyl (C=O) groups is 1. The molecule has 0 radical (unpaired) electrons. The van der Waals surface area contributed by atoms with Crippen molar-refractivity contribution in [2.75, 3.05) is 0 Å². The van der Waals surface area contributed by atoms with Gasteiger partial charge in [-0.3, -0.25) is 4.98 Å². The first-order valence-corrected chi connectivity index (χ1v) is 6.44. The standard InChI is InChI=1S/C15H9ClN2O3/c16-10-6-7-13(18-14(10)15(19)20)21-12-5-1-4-11-9(12)3-2-8-17-11/h1-8H,(H,19,20). The number of nitrogens with zero attached hydrogens (tertiary/aromatic N) is 2. The van der Waals surface area contributed by atoms with Crippen molar-refractivity contribution in [3.8, 4) is 11.6 Å². The summed E-state index contributed by atoms with van der Waals surface area (Å²) in [5, 5.41) is 9.89. The van der Waals surface area contributed by atoms with Gasteiger partial charge in [0, 0.05) is 17.6 Å².